The van der Waals surface area contributed by atoms with Gasteiger partial charge in [0.1, 0.15) is 5.28 Å². The second kappa shape index (κ2) is 16.0. The molecule has 0 spiro atoms. The van der Waals surface area contributed by atoms with Gasteiger partial charge in [0.05, 0.1) is 6.61 Å². The maximum Gasteiger partial charge on any atom is 0.147 e. The molecule has 0 aliphatic carbocycles. The monoisotopic (exact) mass is 261 g/mol. The first-order valence-corrected chi connectivity index (χ1v) is 6.58. The molecule has 0 heterocycles. The summed E-state index contributed by atoms with van der Waals surface area (Å²) in [7, 11) is 0. The molecule has 0 fully saturated rings. The van der Waals surface area contributed by atoms with E-state index in [1.54, 1.807) is 0 Å². The molecule has 0 unspecified atom stereocenters. The lowest BCUT2D eigenvalue weighted by Gasteiger charge is -2.01. The largest absolute Gasteiger partial charge is 0.224 e. The fourth-order valence-electron chi connectivity index (χ4n) is 1.57. The van der Waals surface area contributed by atoms with E-state index in [0.717, 1.165) is 12.8 Å². The van der Waals surface area contributed by atoms with Crippen LogP contribution in [0.4, 0.5) is 0 Å². The molecule has 0 amide bonds. The Morgan fingerprint density at radius 2 is 1.50 bits per heavy atom. The summed E-state index contributed by atoms with van der Waals surface area (Å²) in [5.41, 5.74) is 7.81. The lowest BCUT2D eigenvalue weighted by molar-refractivity contribution is -0.636. The second-order valence-corrected chi connectivity index (χ2v) is 4.03. The summed E-state index contributed by atoms with van der Waals surface area (Å²) < 4.78 is 0. The number of rotatable bonds is 14. The van der Waals surface area contributed by atoms with Crippen molar-refractivity contribution >= 4 is 0 Å². The van der Waals surface area contributed by atoms with Gasteiger partial charge in [-0.15, -0.1) is 0 Å². The minimum Gasteiger partial charge on any atom is -0.224 e. The van der Waals surface area contributed by atoms with E-state index in [9.17, 15) is 0 Å². The number of hydrogen-bond donors (Lipinski definition) is 0. The molecule has 0 aliphatic heterocycles. The Labute approximate surface area is 108 Å². The highest BCUT2D eigenvalue weighted by molar-refractivity contribution is 4.46. The zero-order valence-corrected chi connectivity index (χ0v) is 11.0. The van der Waals surface area contributed by atoms with Crippen molar-refractivity contribution in [2.75, 3.05) is 6.61 Å². The van der Waals surface area contributed by atoms with Crippen molar-refractivity contribution < 1.29 is 20.0 Å². The third-order valence-electron chi connectivity index (χ3n) is 2.51. The van der Waals surface area contributed by atoms with E-state index in [4.69, 9.17) is 5.53 Å². The van der Waals surface area contributed by atoms with Gasteiger partial charge in [-0.05, 0) is 17.0 Å². The summed E-state index contributed by atoms with van der Waals surface area (Å²) in [6.07, 6.45) is 11.2. The summed E-state index contributed by atoms with van der Waals surface area (Å²) >= 11 is 0. The van der Waals surface area contributed by atoms with Crippen molar-refractivity contribution in [2.24, 2.45) is 5.28 Å². The predicted molar refractivity (Wildman–Crippen MR) is 65.6 cm³/mol. The molecule has 0 aromatic carbocycles. The predicted octanol–water partition coefficient (Wildman–Crippen LogP) is 4.55. The fourth-order valence-corrected chi connectivity index (χ4v) is 1.57. The highest BCUT2D eigenvalue weighted by Crippen LogP contribution is 2.09. The van der Waals surface area contributed by atoms with Crippen LogP contribution in [-0.2, 0) is 20.0 Å². The third kappa shape index (κ3) is 15.0. The zero-order valence-electron chi connectivity index (χ0n) is 11.0. The van der Waals surface area contributed by atoms with E-state index in [2.05, 4.69) is 37.1 Å². The summed E-state index contributed by atoms with van der Waals surface area (Å²) in [5, 5.41) is 10.6. The maximum absolute atomic E-state index is 7.81. The highest BCUT2D eigenvalue weighted by atomic mass is 17.7. The molecular formula is C11H23N3O4. The van der Waals surface area contributed by atoms with Gasteiger partial charge in [0.25, 0.3) is 0 Å². The van der Waals surface area contributed by atoms with Crippen molar-refractivity contribution in [1.29, 1.82) is 0 Å². The van der Waals surface area contributed by atoms with E-state index in [-0.39, 0.29) is 0 Å². The van der Waals surface area contributed by atoms with Crippen LogP contribution in [0.5, 0.6) is 0 Å². The van der Waals surface area contributed by atoms with Gasteiger partial charge < -0.3 is 0 Å². The van der Waals surface area contributed by atoms with E-state index in [1.165, 1.54) is 44.9 Å². The third-order valence-corrected chi connectivity index (χ3v) is 2.51. The SMILES string of the molecule is CCCCCCCCCCCOOOON=[N+]=[N-]. The lowest BCUT2D eigenvalue weighted by atomic mass is 10.1. The minimum atomic E-state index is 0.426. The van der Waals surface area contributed by atoms with Crippen LogP contribution in [0.25, 0.3) is 10.4 Å². The van der Waals surface area contributed by atoms with Crippen molar-refractivity contribution in [3.8, 4) is 0 Å². The molecular weight excluding hydrogens is 238 g/mol. The lowest BCUT2D eigenvalue weighted by Crippen LogP contribution is -1.97. The van der Waals surface area contributed by atoms with Crippen LogP contribution in [0.2, 0.25) is 0 Å². The van der Waals surface area contributed by atoms with Crippen molar-refractivity contribution in [2.45, 2.75) is 64.7 Å². The quantitative estimate of drug-likeness (QED) is 0.115. The Morgan fingerprint density at radius 3 is 2.11 bits per heavy atom. The van der Waals surface area contributed by atoms with Crippen LogP contribution < -0.4 is 0 Å². The molecule has 0 radical (unpaired) electrons. The van der Waals surface area contributed by atoms with Gasteiger partial charge in [-0.2, -0.15) is 0 Å². The van der Waals surface area contributed by atoms with Crippen LogP contribution in [0.3, 0.4) is 0 Å². The first kappa shape index (κ1) is 17.0. The summed E-state index contributed by atoms with van der Waals surface area (Å²) in [6.45, 7) is 2.65. The molecule has 0 aromatic heterocycles. The van der Waals surface area contributed by atoms with Crippen LogP contribution in [-0.4, -0.2) is 6.61 Å². The summed E-state index contributed by atoms with van der Waals surface area (Å²) in [6, 6.07) is 0. The fraction of sp³-hybridized carbons (Fsp3) is 1.00. The number of nitrogens with zero attached hydrogens (tertiary/aromatic N) is 3. The Bertz CT molecular complexity index is 210. The van der Waals surface area contributed by atoms with Gasteiger partial charge in [0, 0.05) is 9.95 Å². The highest BCUT2D eigenvalue weighted by Gasteiger charge is 1.94. The zero-order chi connectivity index (χ0) is 13.3. The second-order valence-electron chi connectivity index (χ2n) is 4.03. The molecule has 0 aromatic rings. The van der Waals surface area contributed by atoms with Gasteiger partial charge >= 0.3 is 0 Å². The molecule has 18 heavy (non-hydrogen) atoms. The summed E-state index contributed by atoms with van der Waals surface area (Å²) in [4.78, 5) is 10.7. The molecule has 0 atom stereocenters. The first-order valence-electron chi connectivity index (χ1n) is 6.58. The van der Waals surface area contributed by atoms with Crippen molar-refractivity contribution in [3.05, 3.63) is 10.4 Å². The van der Waals surface area contributed by atoms with E-state index < -0.39 is 0 Å². The Hall–Kier alpha value is -1.01. The van der Waals surface area contributed by atoms with Crippen LogP contribution in [0.1, 0.15) is 64.7 Å². The molecule has 0 bridgehead atoms. The smallest absolute Gasteiger partial charge is 0.147 e. The summed E-state index contributed by atoms with van der Waals surface area (Å²) in [5.74, 6) is 0. The van der Waals surface area contributed by atoms with Gasteiger partial charge in [-0.3, -0.25) is 0 Å². The molecule has 7 heteroatoms. The van der Waals surface area contributed by atoms with Crippen LogP contribution in [0.15, 0.2) is 5.28 Å². The molecule has 0 saturated carbocycles. The minimum absolute atomic E-state index is 0.426. The van der Waals surface area contributed by atoms with Crippen LogP contribution >= 0.6 is 0 Å². The normalized spacial score (nSPS) is 10.1. The standard InChI is InChI=1S/C11H23N3O4/c1-2-3-4-5-6-7-8-9-10-11-15-17-18-16-14-13-12/h2-11H2,1H3. The van der Waals surface area contributed by atoms with Gasteiger partial charge in [-0.25, -0.2) is 9.88 Å². The van der Waals surface area contributed by atoms with Gasteiger partial charge in [0.2, 0.25) is 0 Å². The molecule has 0 aliphatic rings. The molecule has 106 valence electrons. The van der Waals surface area contributed by atoms with Crippen molar-refractivity contribution in [1.82, 2.24) is 0 Å². The first-order chi connectivity index (χ1) is 8.91. The molecule has 7 nitrogen and oxygen atoms in total. The van der Waals surface area contributed by atoms with E-state index in [1.807, 2.05) is 0 Å². The number of unbranched alkanes of at least 4 members (excludes halogenated alkanes) is 8. The topological polar surface area (TPSA) is 85.7 Å². The van der Waals surface area contributed by atoms with Crippen molar-refractivity contribution in [3.63, 3.8) is 0 Å². The molecule has 0 rings (SSSR count). The Balaban J connectivity index is 2.92. The Morgan fingerprint density at radius 1 is 0.889 bits per heavy atom. The van der Waals surface area contributed by atoms with Gasteiger partial charge in [-0.1, -0.05) is 58.3 Å². The maximum atomic E-state index is 7.81. The van der Waals surface area contributed by atoms with Gasteiger partial charge in [0.15, 0.2) is 0 Å². The number of hydrogen-bond acceptors (Lipinski definition) is 5. The average Bonchev–Trinajstić information content (AvgIpc) is 2.39. The molecule has 0 saturated heterocycles. The van der Waals surface area contributed by atoms with E-state index in [0.29, 0.717) is 6.61 Å². The average molecular weight is 261 g/mol. The Kier molecular flexibility index (Phi) is 15.1. The van der Waals surface area contributed by atoms with Crippen LogP contribution in [0, 0.1) is 0 Å². The number of azide groups is 1. The van der Waals surface area contributed by atoms with E-state index >= 15 is 0 Å². The molecule has 0 N–H and O–H groups in total.